The number of benzene rings is 1. The number of hydrogen-bond donors (Lipinski definition) is 1. The molecular formula is C14H22ClNS. The van der Waals surface area contributed by atoms with E-state index in [2.05, 4.69) is 32.9 Å². The van der Waals surface area contributed by atoms with Gasteiger partial charge in [0.15, 0.2) is 0 Å². The van der Waals surface area contributed by atoms with E-state index in [9.17, 15) is 0 Å². The molecule has 0 spiro atoms. The van der Waals surface area contributed by atoms with Crippen molar-refractivity contribution in [3.63, 3.8) is 0 Å². The highest BCUT2D eigenvalue weighted by Gasteiger charge is 2.16. The Labute approximate surface area is 114 Å². The van der Waals surface area contributed by atoms with Crippen molar-refractivity contribution in [3.8, 4) is 0 Å². The van der Waals surface area contributed by atoms with E-state index in [1.807, 2.05) is 23.9 Å². The van der Waals surface area contributed by atoms with Crippen molar-refractivity contribution in [2.45, 2.75) is 38.5 Å². The Hall–Kier alpha value is -0.180. The number of thioether (sulfide) groups is 1. The van der Waals surface area contributed by atoms with Crippen LogP contribution in [0, 0.1) is 5.92 Å². The molecule has 1 aromatic rings. The third-order valence-corrected chi connectivity index (χ3v) is 4.45. The predicted octanol–water partition coefficient (Wildman–Crippen LogP) is 4.51. The summed E-state index contributed by atoms with van der Waals surface area (Å²) in [4.78, 5) is 0. The fraction of sp³-hybridized carbons (Fsp3) is 0.571. The molecular weight excluding hydrogens is 250 g/mol. The van der Waals surface area contributed by atoms with Crippen molar-refractivity contribution < 1.29 is 0 Å². The van der Waals surface area contributed by atoms with E-state index < -0.39 is 0 Å². The zero-order valence-electron chi connectivity index (χ0n) is 10.8. The zero-order valence-corrected chi connectivity index (χ0v) is 12.4. The Morgan fingerprint density at radius 3 is 2.24 bits per heavy atom. The number of rotatable bonds is 6. The van der Waals surface area contributed by atoms with Crippen LogP contribution in [0.2, 0.25) is 5.02 Å². The largest absolute Gasteiger partial charge is 0.327 e. The van der Waals surface area contributed by atoms with Gasteiger partial charge in [0.2, 0.25) is 0 Å². The maximum absolute atomic E-state index is 6.07. The van der Waals surface area contributed by atoms with Crippen LogP contribution >= 0.6 is 23.4 Å². The molecule has 0 fully saturated rings. The quantitative estimate of drug-likeness (QED) is 0.824. The van der Waals surface area contributed by atoms with Crippen LogP contribution in [0.1, 0.15) is 38.0 Å². The van der Waals surface area contributed by atoms with Crippen molar-refractivity contribution in [2.75, 3.05) is 5.75 Å². The topological polar surface area (TPSA) is 26.0 Å². The summed E-state index contributed by atoms with van der Waals surface area (Å²) in [7, 11) is 0. The highest BCUT2D eigenvalue weighted by molar-refractivity contribution is 7.99. The lowest BCUT2D eigenvalue weighted by Crippen LogP contribution is -2.23. The summed E-state index contributed by atoms with van der Waals surface area (Å²) in [5, 5.41) is 1.15. The lowest BCUT2D eigenvalue weighted by Gasteiger charge is -2.21. The van der Waals surface area contributed by atoms with E-state index in [1.54, 1.807) is 0 Å². The first-order chi connectivity index (χ1) is 8.00. The van der Waals surface area contributed by atoms with Gasteiger partial charge in [0.1, 0.15) is 0 Å². The van der Waals surface area contributed by atoms with Crippen LogP contribution in [0.3, 0.4) is 0 Å². The Morgan fingerprint density at radius 2 is 1.76 bits per heavy atom. The van der Waals surface area contributed by atoms with Crippen molar-refractivity contribution >= 4 is 23.4 Å². The van der Waals surface area contributed by atoms with Gasteiger partial charge >= 0.3 is 0 Å². The molecule has 0 saturated carbocycles. The van der Waals surface area contributed by atoms with Gasteiger partial charge in [-0.3, -0.25) is 0 Å². The van der Waals surface area contributed by atoms with E-state index in [-0.39, 0.29) is 6.04 Å². The Morgan fingerprint density at radius 1 is 1.18 bits per heavy atom. The van der Waals surface area contributed by atoms with Crippen LogP contribution in [-0.2, 0) is 0 Å². The van der Waals surface area contributed by atoms with Gasteiger partial charge in [-0.15, -0.1) is 0 Å². The second-order valence-corrected chi connectivity index (χ2v) is 6.57. The standard InChI is InChI=1S/C14H22ClNS/c1-10(2)8-9-17-14(11(3)16)12-4-6-13(15)7-5-12/h4-7,10-11,14H,8-9,16H2,1-3H3. The number of hydrogen-bond acceptors (Lipinski definition) is 2. The predicted molar refractivity (Wildman–Crippen MR) is 79.8 cm³/mol. The first-order valence-electron chi connectivity index (χ1n) is 6.13. The summed E-state index contributed by atoms with van der Waals surface area (Å²) in [6, 6.07) is 8.20. The molecule has 2 unspecified atom stereocenters. The molecule has 0 aliphatic carbocycles. The molecule has 0 bridgehead atoms. The molecule has 0 radical (unpaired) electrons. The monoisotopic (exact) mass is 271 g/mol. The van der Waals surface area contributed by atoms with Gasteiger partial charge in [-0.1, -0.05) is 37.6 Å². The Balaban J connectivity index is 2.62. The molecule has 2 atom stereocenters. The average molecular weight is 272 g/mol. The minimum atomic E-state index is 0.160. The summed E-state index contributed by atoms with van der Waals surface area (Å²) in [6.07, 6.45) is 1.24. The fourth-order valence-electron chi connectivity index (χ4n) is 1.63. The van der Waals surface area contributed by atoms with Gasteiger partial charge < -0.3 is 5.73 Å². The van der Waals surface area contributed by atoms with Gasteiger partial charge in [0.05, 0.1) is 0 Å². The van der Waals surface area contributed by atoms with Gasteiger partial charge in [-0.2, -0.15) is 11.8 Å². The summed E-state index contributed by atoms with van der Waals surface area (Å²) >= 11 is 7.85. The third kappa shape index (κ3) is 5.33. The number of halogens is 1. The highest BCUT2D eigenvalue weighted by atomic mass is 35.5. The maximum atomic E-state index is 6.07. The van der Waals surface area contributed by atoms with Gasteiger partial charge in [0.25, 0.3) is 0 Å². The van der Waals surface area contributed by atoms with Gasteiger partial charge in [-0.25, -0.2) is 0 Å². The van der Waals surface area contributed by atoms with E-state index in [4.69, 9.17) is 17.3 Å². The van der Waals surface area contributed by atoms with Crippen LogP contribution < -0.4 is 5.73 Å². The smallest absolute Gasteiger partial charge is 0.0445 e. The van der Waals surface area contributed by atoms with Crippen LogP contribution in [-0.4, -0.2) is 11.8 Å². The third-order valence-electron chi connectivity index (χ3n) is 2.67. The minimum absolute atomic E-state index is 0.160. The first-order valence-corrected chi connectivity index (χ1v) is 7.56. The maximum Gasteiger partial charge on any atom is 0.0445 e. The molecule has 3 heteroatoms. The van der Waals surface area contributed by atoms with Crippen molar-refractivity contribution in [1.29, 1.82) is 0 Å². The Bertz CT molecular complexity index is 321. The minimum Gasteiger partial charge on any atom is -0.327 e. The van der Waals surface area contributed by atoms with E-state index in [0.29, 0.717) is 5.25 Å². The molecule has 0 aromatic heterocycles. The normalized spacial score (nSPS) is 14.9. The number of nitrogens with two attached hydrogens (primary N) is 1. The second-order valence-electron chi connectivity index (χ2n) is 4.88. The summed E-state index contributed by atoms with van der Waals surface area (Å²) in [5.74, 6) is 1.91. The van der Waals surface area contributed by atoms with Crippen LogP contribution in [0.15, 0.2) is 24.3 Å². The molecule has 0 aliphatic heterocycles. The van der Waals surface area contributed by atoms with E-state index >= 15 is 0 Å². The van der Waals surface area contributed by atoms with Gasteiger partial charge in [0, 0.05) is 16.3 Å². The average Bonchev–Trinajstić information content (AvgIpc) is 2.25. The molecule has 2 N–H and O–H groups in total. The lowest BCUT2D eigenvalue weighted by molar-refractivity contribution is 0.629. The molecule has 0 amide bonds. The molecule has 96 valence electrons. The molecule has 1 aromatic carbocycles. The van der Waals surface area contributed by atoms with E-state index in [1.165, 1.54) is 12.0 Å². The van der Waals surface area contributed by atoms with E-state index in [0.717, 1.165) is 16.7 Å². The van der Waals surface area contributed by atoms with Crippen molar-refractivity contribution in [2.24, 2.45) is 11.7 Å². The first kappa shape index (κ1) is 14.9. The Kier molecular flexibility index (Phi) is 6.39. The zero-order chi connectivity index (χ0) is 12.8. The van der Waals surface area contributed by atoms with Crippen LogP contribution in [0.5, 0.6) is 0 Å². The van der Waals surface area contributed by atoms with Crippen molar-refractivity contribution in [1.82, 2.24) is 0 Å². The second kappa shape index (κ2) is 7.30. The summed E-state index contributed by atoms with van der Waals surface area (Å²) in [6.45, 7) is 6.58. The molecule has 0 aliphatic rings. The fourth-order valence-corrected chi connectivity index (χ4v) is 3.28. The summed E-state index contributed by atoms with van der Waals surface area (Å²) < 4.78 is 0. The lowest BCUT2D eigenvalue weighted by atomic mass is 10.1. The van der Waals surface area contributed by atoms with Crippen molar-refractivity contribution in [3.05, 3.63) is 34.9 Å². The highest BCUT2D eigenvalue weighted by Crippen LogP contribution is 2.32. The molecule has 1 rings (SSSR count). The van der Waals surface area contributed by atoms with Crippen LogP contribution in [0.25, 0.3) is 0 Å². The molecule has 17 heavy (non-hydrogen) atoms. The van der Waals surface area contributed by atoms with Gasteiger partial charge in [-0.05, 0) is 42.7 Å². The summed E-state index contributed by atoms with van der Waals surface area (Å²) in [5.41, 5.74) is 7.35. The molecule has 0 heterocycles. The molecule has 1 nitrogen and oxygen atoms in total. The SMILES string of the molecule is CC(C)CCSC(c1ccc(Cl)cc1)C(C)N. The molecule has 0 saturated heterocycles. The van der Waals surface area contributed by atoms with Crippen LogP contribution in [0.4, 0.5) is 0 Å².